The predicted molar refractivity (Wildman–Crippen MR) is 90.7 cm³/mol. The minimum Gasteiger partial charge on any atom is -0.358 e. The Hall–Kier alpha value is -3.27. The van der Waals surface area contributed by atoms with Gasteiger partial charge in [-0.3, -0.25) is 9.48 Å². The van der Waals surface area contributed by atoms with Crippen LogP contribution in [0.25, 0.3) is 0 Å². The Bertz CT molecular complexity index is 999. The first kappa shape index (κ1) is 17.5. The summed E-state index contributed by atoms with van der Waals surface area (Å²) >= 11 is 6.01. The summed E-state index contributed by atoms with van der Waals surface area (Å²) in [7, 11) is 0. The minimum absolute atomic E-state index is 0.134. The molecule has 0 radical (unpaired) electrons. The fourth-order valence-electron chi connectivity index (χ4n) is 2.24. The normalized spacial score (nSPS) is 10.7. The Morgan fingerprint density at radius 3 is 2.85 bits per heavy atom. The van der Waals surface area contributed by atoms with Gasteiger partial charge < -0.3 is 15.4 Å². The largest absolute Gasteiger partial charge is 0.358 e. The van der Waals surface area contributed by atoms with E-state index in [4.69, 9.17) is 11.6 Å². The van der Waals surface area contributed by atoms with Gasteiger partial charge in [-0.25, -0.2) is 4.39 Å². The zero-order chi connectivity index (χ0) is 18.8. The maximum Gasteiger partial charge on any atom is 0.343 e. The van der Waals surface area contributed by atoms with Crippen molar-refractivity contribution in [3.8, 4) is 0 Å². The number of benzene rings is 1. The van der Waals surface area contributed by atoms with Gasteiger partial charge in [0.1, 0.15) is 5.82 Å². The summed E-state index contributed by atoms with van der Waals surface area (Å²) in [5, 5.41) is 23.4. The summed E-state index contributed by atoms with van der Waals surface area (Å²) in [5.41, 5.74) is 1.26. The molecule has 0 atom stereocenters. The summed E-state index contributed by atoms with van der Waals surface area (Å²) in [4.78, 5) is 22.0. The third kappa shape index (κ3) is 3.70. The summed E-state index contributed by atoms with van der Waals surface area (Å²) in [6, 6.07) is 6.71. The number of amides is 1. The lowest BCUT2D eigenvalue weighted by molar-refractivity contribution is -0.389. The third-order valence-corrected chi connectivity index (χ3v) is 3.90. The van der Waals surface area contributed by atoms with E-state index in [9.17, 15) is 19.3 Å². The van der Waals surface area contributed by atoms with Crippen molar-refractivity contribution in [1.29, 1.82) is 0 Å². The smallest absolute Gasteiger partial charge is 0.343 e. The number of anilines is 1. The van der Waals surface area contributed by atoms with E-state index in [0.29, 0.717) is 5.56 Å². The van der Waals surface area contributed by atoms with E-state index in [-0.39, 0.29) is 28.9 Å². The fourth-order valence-corrected chi connectivity index (χ4v) is 2.47. The van der Waals surface area contributed by atoms with Gasteiger partial charge in [0.25, 0.3) is 5.91 Å². The lowest BCUT2D eigenvalue weighted by Crippen LogP contribution is -2.13. The fraction of sp³-hybridized carbons (Fsp3) is 0.133. The van der Waals surface area contributed by atoms with Crippen molar-refractivity contribution in [2.75, 3.05) is 5.32 Å². The van der Waals surface area contributed by atoms with E-state index in [0.717, 1.165) is 11.8 Å². The molecule has 1 aromatic carbocycles. The van der Waals surface area contributed by atoms with Crippen molar-refractivity contribution >= 4 is 29.1 Å². The van der Waals surface area contributed by atoms with Gasteiger partial charge in [0, 0.05) is 16.8 Å². The molecule has 0 aliphatic carbocycles. The van der Waals surface area contributed by atoms with E-state index in [1.54, 1.807) is 23.7 Å². The van der Waals surface area contributed by atoms with Crippen LogP contribution in [0.4, 0.5) is 16.0 Å². The number of aromatic amines is 1. The molecule has 9 nitrogen and oxygen atoms in total. The molecule has 0 aliphatic heterocycles. The lowest BCUT2D eigenvalue weighted by atomic mass is 10.2. The first-order valence-corrected chi connectivity index (χ1v) is 7.71. The molecule has 0 unspecified atom stereocenters. The second-order valence-electron chi connectivity index (χ2n) is 5.41. The van der Waals surface area contributed by atoms with Crippen LogP contribution in [-0.4, -0.2) is 30.8 Å². The second kappa shape index (κ2) is 6.92. The molecular weight excluding hydrogens is 367 g/mol. The Balaban J connectivity index is 1.75. The van der Waals surface area contributed by atoms with Gasteiger partial charge in [-0.2, -0.15) is 5.10 Å². The first-order chi connectivity index (χ1) is 12.3. The number of halogens is 2. The Morgan fingerprint density at radius 1 is 1.42 bits per heavy atom. The van der Waals surface area contributed by atoms with E-state index >= 15 is 0 Å². The molecule has 0 bridgehead atoms. The number of nitrogens with zero attached hydrogens (tertiary/aromatic N) is 4. The van der Waals surface area contributed by atoms with Crippen LogP contribution < -0.4 is 5.32 Å². The van der Waals surface area contributed by atoms with Crippen molar-refractivity contribution in [2.45, 2.75) is 13.5 Å². The second-order valence-corrected chi connectivity index (χ2v) is 5.82. The van der Waals surface area contributed by atoms with Crippen LogP contribution in [0.15, 0.2) is 30.3 Å². The number of aryl methyl sites for hydroxylation is 1. The molecule has 2 aromatic heterocycles. The Morgan fingerprint density at radius 2 is 2.19 bits per heavy atom. The highest BCUT2D eigenvalue weighted by Gasteiger charge is 2.18. The zero-order valence-electron chi connectivity index (χ0n) is 13.4. The number of hydrogen-bond donors (Lipinski definition) is 2. The average molecular weight is 379 g/mol. The maximum absolute atomic E-state index is 13.1. The molecule has 134 valence electrons. The van der Waals surface area contributed by atoms with E-state index < -0.39 is 16.6 Å². The van der Waals surface area contributed by atoms with Crippen molar-refractivity contribution in [3.63, 3.8) is 0 Å². The van der Waals surface area contributed by atoms with E-state index in [1.807, 2.05) is 0 Å². The molecule has 3 aromatic rings. The predicted octanol–water partition coefficient (Wildman–Crippen LogP) is 2.92. The molecule has 0 fully saturated rings. The highest BCUT2D eigenvalue weighted by molar-refractivity contribution is 6.31. The number of carbonyl (C=O) groups excluding carboxylic acids is 1. The Kier molecular flexibility index (Phi) is 4.67. The van der Waals surface area contributed by atoms with Crippen LogP contribution in [0.2, 0.25) is 5.02 Å². The summed E-state index contributed by atoms with van der Waals surface area (Å²) in [5.74, 6) is -1.21. The number of nitro groups is 1. The van der Waals surface area contributed by atoms with E-state index in [2.05, 4.69) is 20.6 Å². The van der Waals surface area contributed by atoms with Crippen LogP contribution in [0, 0.1) is 22.9 Å². The van der Waals surface area contributed by atoms with Gasteiger partial charge in [-0.15, -0.1) is 5.10 Å². The monoisotopic (exact) mass is 378 g/mol. The maximum atomic E-state index is 13.1. The third-order valence-electron chi connectivity index (χ3n) is 3.55. The lowest BCUT2D eigenvalue weighted by Gasteiger charge is -2.06. The van der Waals surface area contributed by atoms with Crippen molar-refractivity contribution in [2.24, 2.45) is 0 Å². The van der Waals surface area contributed by atoms with Gasteiger partial charge in [0.05, 0.1) is 12.6 Å². The Labute approximate surface area is 150 Å². The average Bonchev–Trinajstić information content (AvgIpc) is 3.18. The molecule has 11 heteroatoms. The van der Waals surface area contributed by atoms with E-state index in [1.165, 1.54) is 12.1 Å². The number of carbonyl (C=O) groups is 1. The first-order valence-electron chi connectivity index (χ1n) is 7.33. The number of nitrogens with one attached hydrogen (secondary N) is 2. The number of H-pyrrole nitrogens is 1. The molecule has 2 N–H and O–H groups in total. The van der Waals surface area contributed by atoms with Crippen LogP contribution in [0.5, 0.6) is 0 Å². The molecule has 2 heterocycles. The van der Waals surface area contributed by atoms with Gasteiger partial charge in [-0.1, -0.05) is 22.8 Å². The van der Waals surface area contributed by atoms with Crippen LogP contribution in [-0.2, 0) is 6.54 Å². The number of hydrogen-bond acceptors (Lipinski definition) is 5. The van der Waals surface area contributed by atoms with Gasteiger partial charge >= 0.3 is 5.82 Å². The SMILES string of the molecule is Cc1cc(NC(=O)c2cc([N+](=O)[O-])[nH]n2)nn1Cc1ccc(F)cc1Cl. The molecule has 0 aliphatic rings. The van der Waals surface area contributed by atoms with Gasteiger partial charge in [0.15, 0.2) is 11.5 Å². The van der Waals surface area contributed by atoms with Crippen LogP contribution >= 0.6 is 11.6 Å². The van der Waals surface area contributed by atoms with Crippen molar-refractivity contribution in [1.82, 2.24) is 20.0 Å². The highest BCUT2D eigenvalue weighted by Crippen LogP contribution is 2.20. The van der Waals surface area contributed by atoms with Crippen molar-refractivity contribution < 1.29 is 14.1 Å². The number of aromatic nitrogens is 4. The zero-order valence-corrected chi connectivity index (χ0v) is 14.1. The van der Waals surface area contributed by atoms with Crippen molar-refractivity contribution in [3.05, 3.63) is 68.2 Å². The molecule has 3 rings (SSSR count). The standard InChI is InChI=1S/C15H12ClFN6O3/c1-8-4-13(18-15(24)12-6-14(20-19-12)23(25)26)21-22(8)7-9-2-3-10(17)5-11(9)16/h2-6H,7H2,1H3,(H,19,20)(H,18,21,24). The van der Waals surface area contributed by atoms with Gasteiger partial charge in [0.2, 0.25) is 0 Å². The summed E-state index contributed by atoms with van der Waals surface area (Å²) < 4.78 is 14.7. The molecule has 0 saturated carbocycles. The quantitative estimate of drug-likeness (QED) is 0.522. The highest BCUT2D eigenvalue weighted by atomic mass is 35.5. The molecule has 0 saturated heterocycles. The molecular formula is C15H12ClFN6O3. The minimum atomic E-state index is -0.685. The topological polar surface area (TPSA) is 119 Å². The summed E-state index contributed by atoms with van der Waals surface area (Å²) in [6.45, 7) is 2.06. The number of rotatable bonds is 5. The molecule has 26 heavy (non-hydrogen) atoms. The van der Waals surface area contributed by atoms with Crippen LogP contribution in [0.3, 0.4) is 0 Å². The van der Waals surface area contributed by atoms with Gasteiger partial charge in [-0.05, 0) is 29.5 Å². The molecule has 1 amide bonds. The molecule has 0 spiro atoms. The summed E-state index contributed by atoms with van der Waals surface area (Å²) in [6.07, 6.45) is 0. The van der Waals surface area contributed by atoms with Crippen LogP contribution in [0.1, 0.15) is 21.7 Å².